The van der Waals surface area contributed by atoms with Crippen LogP contribution in [0.5, 0.6) is 5.88 Å². The van der Waals surface area contributed by atoms with Gasteiger partial charge in [0.2, 0.25) is 15.7 Å². The zero-order valence-corrected chi connectivity index (χ0v) is 17.3. The van der Waals surface area contributed by atoms with Crippen molar-refractivity contribution in [3.63, 3.8) is 0 Å². The molecule has 1 heterocycles. The first-order valence-corrected chi connectivity index (χ1v) is 10.7. The van der Waals surface area contributed by atoms with Crippen molar-refractivity contribution in [1.82, 2.24) is 14.7 Å². The molecule has 28 heavy (non-hydrogen) atoms. The summed E-state index contributed by atoms with van der Waals surface area (Å²) in [7, 11) is 0.450. The predicted octanol–water partition coefficient (Wildman–Crippen LogP) is 3.69. The minimum atomic E-state index is -3.59. The molecule has 0 aliphatic carbocycles. The van der Waals surface area contributed by atoms with Gasteiger partial charge in [-0.15, -0.1) is 5.10 Å². The average Bonchev–Trinajstić information content (AvgIpc) is 3.14. The zero-order valence-electron chi connectivity index (χ0n) is 15.7. The molecule has 0 fully saturated rings. The van der Waals surface area contributed by atoms with Crippen molar-refractivity contribution in [2.45, 2.75) is 16.2 Å². The first-order chi connectivity index (χ1) is 13.4. The molecule has 0 saturated carbocycles. The van der Waals surface area contributed by atoms with E-state index in [0.29, 0.717) is 17.5 Å². The third-order valence-corrected chi connectivity index (χ3v) is 6.14. The van der Waals surface area contributed by atoms with Gasteiger partial charge in [0.25, 0.3) is 0 Å². The number of benzene rings is 2. The van der Waals surface area contributed by atoms with Gasteiger partial charge in [0, 0.05) is 23.8 Å². The van der Waals surface area contributed by atoms with Gasteiger partial charge >= 0.3 is 0 Å². The van der Waals surface area contributed by atoms with Crippen LogP contribution in [0.15, 0.2) is 70.6 Å². The van der Waals surface area contributed by atoms with Gasteiger partial charge < -0.3 is 9.64 Å². The van der Waals surface area contributed by atoms with Gasteiger partial charge in [-0.05, 0) is 69.0 Å². The number of nitrogens with zero attached hydrogens (tertiary/aromatic N) is 3. The fourth-order valence-electron chi connectivity index (χ4n) is 2.61. The van der Waals surface area contributed by atoms with Crippen molar-refractivity contribution in [3.8, 4) is 11.6 Å². The summed E-state index contributed by atoms with van der Waals surface area (Å²) in [5.41, 5.74) is 0.748. The Morgan fingerprint density at radius 1 is 1.00 bits per heavy atom. The summed E-state index contributed by atoms with van der Waals surface area (Å²) in [5, 5.41) is 4.87. The molecule has 0 aliphatic rings. The fourth-order valence-corrected chi connectivity index (χ4v) is 4.00. The van der Waals surface area contributed by atoms with E-state index in [1.807, 2.05) is 14.1 Å². The Bertz CT molecular complexity index is 1010. The highest BCUT2D eigenvalue weighted by molar-refractivity contribution is 7.91. The highest BCUT2D eigenvalue weighted by Crippen LogP contribution is 2.23. The maximum Gasteiger partial charge on any atom is 0.233 e. The van der Waals surface area contributed by atoms with Crippen molar-refractivity contribution in [3.05, 3.63) is 65.8 Å². The molecule has 0 N–H and O–H groups in total. The van der Waals surface area contributed by atoms with Crippen LogP contribution < -0.4 is 4.74 Å². The van der Waals surface area contributed by atoms with E-state index >= 15 is 0 Å². The lowest BCUT2D eigenvalue weighted by atomic mass is 10.3. The zero-order chi connectivity index (χ0) is 20.1. The second-order valence-corrected chi connectivity index (χ2v) is 8.94. The Morgan fingerprint density at radius 3 is 2.21 bits per heavy atom. The predicted molar refractivity (Wildman–Crippen MR) is 109 cm³/mol. The van der Waals surface area contributed by atoms with Gasteiger partial charge in [-0.2, -0.15) is 0 Å². The van der Waals surface area contributed by atoms with Gasteiger partial charge in [0.15, 0.2) is 0 Å². The highest BCUT2D eigenvalue weighted by Gasteiger charge is 2.17. The minimum Gasteiger partial charge on any atom is -0.477 e. The van der Waals surface area contributed by atoms with Crippen LogP contribution in [-0.2, 0) is 9.84 Å². The Morgan fingerprint density at radius 2 is 1.61 bits per heavy atom. The number of aromatic nitrogens is 2. The van der Waals surface area contributed by atoms with Crippen LogP contribution >= 0.6 is 11.6 Å². The second-order valence-electron chi connectivity index (χ2n) is 6.56. The molecule has 148 valence electrons. The maximum absolute atomic E-state index is 12.7. The summed E-state index contributed by atoms with van der Waals surface area (Å²) in [6, 6.07) is 14.5. The van der Waals surface area contributed by atoms with Crippen molar-refractivity contribution >= 4 is 21.4 Å². The summed E-state index contributed by atoms with van der Waals surface area (Å²) < 4.78 is 32.7. The normalized spacial score (nSPS) is 11.7. The quantitative estimate of drug-likeness (QED) is 0.521. The van der Waals surface area contributed by atoms with Gasteiger partial charge in [0.1, 0.15) is 0 Å². The topological polar surface area (TPSA) is 64.4 Å². The number of hydrogen-bond donors (Lipinski definition) is 0. The van der Waals surface area contributed by atoms with Gasteiger partial charge in [-0.3, -0.25) is 0 Å². The molecule has 0 aliphatic heterocycles. The number of hydrogen-bond acceptors (Lipinski definition) is 5. The van der Waals surface area contributed by atoms with Crippen molar-refractivity contribution < 1.29 is 13.2 Å². The van der Waals surface area contributed by atoms with Crippen LogP contribution in [0.4, 0.5) is 0 Å². The van der Waals surface area contributed by atoms with E-state index in [2.05, 4.69) is 10.00 Å². The standard InChI is InChI=1S/C20H22ClN3O3S/c1-23(2)13-3-15-27-20-12-14-24(22-20)17-6-10-19(11-7-17)28(25,26)18-8-4-16(21)5-9-18/h4-12,14H,3,13,15H2,1-2H3. The summed E-state index contributed by atoms with van der Waals surface area (Å²) in [6.45, 7) is 1.54. The first-order valence-electron chi connectivity index (χ1n) is 8.80. The van der Waals surface area contributed by atoms with E-state index in [1.165, 1.54) is 12.1 Å². The summed E-state index contributed by atoms with van der Waals surface area (Å²) in [4.78, 5) is 2.52. The van der Waals surface area contributed by atoms with Crippen LogP contribution in [0.1, 0.15) is 6.42 Å². The molecule has 0 atom stereocenters. The van der Waals surface area contributed by atoms with Crippen LogP contribution in [-0.4, -0.2) is 50.3 Å². The van der Waals surface area contributed by atoms with E-state index in [0.717, 1.165) is 18.7 Å². The molecule has 0 radical (unpaired) electrons. The van der Waals surface area contributed by atoms with Gasteiger partial charge in [-0.1, -0.05) is 11.6 Å². The van der Waals surface area contributed by atoms with E-state index in [4.69, 9.17) is 16.3 Å². The summed E-state index contributed by atoms with van der Waals surface area (Å²) in [5.74, 6) is 0.539. The van der Waals surface area contributed by atoms with Crippen LogP contribution in [0.3, 0.4) is 0 Å². The summed E-state index contributed by atoms with van der Waals surface area (Å²) in [6.07, 6.45) is 2.70. The lowest BCUT2D eigenvalue weighted by molar-refractivity contribution is 0.272. The monoisotopic (exact) mass is 419 g/mol. The molecule has 0 spiro atoms. The van der Waals surface area contributed by atoms with Crippen molar-refractivity contribution in [1.29, 1.82) is 0 Å². The maximum atomic E-state index is 12.7. The SMILES string of the molecule is CN(C)CCCOc1ccn(-c2ccc(S(=O)(=O)c3ccc(Cl)cc3)cc2)n1. The lowest BCUT2D eigenvalue weighted by Gasteiger charge is -2.09. The molecular formula is C20H22ClN3O3S. The number of halogens is 1. The Hall–Kier alpha value is -2.35. The molecule has 0 saturated heterocycles. The van der Waals surface area contributed by atoms with E-state index in [1.54, 1.807) is 53.3 Å². The first kappa shape index (κ1) is 20.4. The van der Waals surface area contributed by atoms with Crippen LogP contribution in [0.2, 0.25) is 5.02 Å². The minimum absolute atomic E-state index is 0.206. The third kappa shape index (κ3) is 4.92. The fraction of sp³-hybridized carbons (Fsp3) is 0.250. The molecule has 1 aromatic heterocycles. The molecule has 2 aromatic carbocycles. The number of rotatable bonds is 8. The smallest absolute Gasteiger partial charge is 0.233 e. The molecule has 0 unspecified atom stereocenters. The van der Waals surface area contributed by atoms with Crippen molar-refractivity contribution in [2.75, 3.05) is 27.2 Å². The summed E-state index contributed by atoms with van der Waals surface area (Å²) >= 11 is 5.84. The van der Waals surface area contributed by atoms with E-state index in [9.17, 15) is 8.42 Å². The largest absolute Gasteiger partial charge is 0.477 e. The molecule has 3 rings (SSSR count). The van der Waals surface area contributed by atoms with E-state index < -0.39 is 9.84 Å². The highest BCUT2D eigenvalue weighted by atomic mass is 35.5. The molecule has 0 amide bonds. The van der Waals surface area contributed by atoms with E-state index in [-0.39, 0.29) is 9.79 Å². The molecule has 3 aromatic rings. The van der Waals surface area contributed by atoms with Crippen LogP contribution in [0.25, 0.3) is 5.69 Å². The Kier molecular flexibility index (Phi) is 6.39. The number of ether oxygens (including phenoxy) is 1. The molecule has 6 nitrogen and oxygen atoms in total. The Labute approximate surface area is 170 Å². The van der Waals surface area contributed by atoms with Crippen LogP contribution in [0, 0.1) is 0 Å². The Balaban J connectivity index is 1.70. The molecular weight excluding hydrogens is 398 g/mol. The molecule has 0 bridgehead atoms. The lowest BCUT2D eigenvalue weighted by Crippen LogP contribution is -2.15. The third-order valence-electron chi connectivity index (χ3n) is 4.10. The average molecular weight is 420 g/mol. The van der Waals surface area contributed by atoms with Crippen molar-refractivity contribution in [2.24, 2.45) is 0 Å². The number of sulfone groups is 1. The van der Waals surface area contributed by atoms with Gasteiger partial charge in [0.05, 0.1) is 22.1 Å². The second kappa shape index (κ2) is 8.77. The van der Waals surface area contributed by atoms with Gasteiger partial charge in [-0.25, -0.2) is 13.1 Å². The molecule has 8 heteroatoms.